The topological polar surface area (TPSA) is 60.0 Å². The van der Waals surface area contributed by atoms with Gasteiger partial charge in [-0.25, -0.2) is 0 Å². The van der Waals surface area contributed by atoms with Crippen molar-refractivity contribution in [1.82, 2.24) is 5.32 Å². The van der Waals surface area contributed by atoms with E-state index in [9.17, 15) is 5.11 Å². The molecule has 0 aliphatic heterocycles. The van der Waals surface area contributed by atoms with Gasteiger partial charge in [0.2, 0.25) is 0 Å². The summed E-state index contributed by atoms with van der Waals surface area (Å²) in [5, 5.41) is 12.3. The quantitative estimate of drug-likeness (QED) is 0.578. The first-order valence-electron chi connectivity index (χ1n) is 8.49. The van der Waals surface area contributed by atoms with Crippen LogP contribution in [0.4, 0.5) is 0 Å². The highest BCUT2D eigenvalue weighted by molar-refractivity contribution is 5.31. The van der Waals surface area contributed by atoms with Crippen molar-refractivity contribution in [2.24, 2.45) is 5.92 Å². The largest absolute Gasteiger partial charge is 0.491 e. The average Bonchev–Trinajstić information content (AvgIpc) is 3.32. The Morgan fingerprint density at radius 1 is 1.09 bits per heavy atom. The van der Waals surface area contributed by atoms with Gasteiger partial charge in [0.05, 0.1) is 12.7 Å². The number of aliphatic hydroxyl groups excluding tert-OH is 1. The number of rotatable bonds is 12. The molecule has 130 valence electrons. The van der Waals surface area contributed by atoms with Crippen molar-refractivity contribution in [2.75, 3.05) is 32.9 Å². The Bertz CT molecular complexity index is 431. The molecule has 0 heterocycles. The minimum absolute atomic E-state index is 0.0383. The number of benzene rings is 1. The molecule has 1 aromatic carbocycles. The lowest BCUT2D eigenvalue weighted by atomic mass is 10.3. The van der Waals surface area contributed by atoms with Crippen molar-refractivity contribution < 1.29 is 19.3 Å². The number of nitrogens with one attached hydrogen (secondary N) is 1. The lowest BCUT2D eigenvalue weighted by Crippen LogP contribution is -2.33. The summed E-state index contributed by atoms with van der Waals surface area (Å²) in [7, 11) is 0. The zero-order chi connectivity index (χ0) is 16.5. The van der Waals surface area contributed by atoms with Crippen molar-refractivity contribution in [3.8, 4) is 11.5 Å². The van der Waals surface area contributed by atoms with E-state index in [1.165, 1.54) is 12.8 Å². The summed E-state index contributed by atoms with van der Waals surface area (Å²) in [6.07, 6.45) is 2.33. The minimum atomic E-state index is -0.341. The van der Waals surface area contributed by atoms with Gasteiger partial charge in [0, 0.05) is 19.7 Å². The van der Waals surface area contributed by atoms with Crippen LogP contribution >= 0.6 is 0 Å². The molecule has 1 saturated carbocycles. The highest BCUT2D eigenvalue weighted by atomic mass is 16.5. The first-order valence-corrected chi connectivity index (χ1v) is 8.49. The van der Waals surface area contributed by atoms with E-state index >= 15 is 0 Å². The van der Waals surface area contributed by atoms with Crippen molar-refractivity contribution in [3.05, 3.63) is 24.3 Å². The molecule has 2 N–H and O–H groups in total. The van der Waals surface area contributed by atoms with Crippen LogP contribution in [0.3, 0.4) is 0 Å². The summed E-state index contributed by atoms with van der Waals surface area (Å²) in [5.74, 6) is 2.43. The molecule has 0 saturated heterocycles. The maximum atomic E-state index is 9.19. The van der Waals surface area contributed by atoms with E-state index in [2.05, 4.69) is 5.32 Å². The van der Waals surface area contributed by atoms with E-state index in [0.29, 0.717) is 26.3 Å². The third kappa shape index (κ3) is 8.21. The van der Waals surface area contributed by atoms with Crippen LogP contribution in [0.25, 0.3) is 0 Å². The molecule has 0 amide bonds. The van der Waals surface area contributed by atoms with E-state index in [0.717, 1.165) is 24.0 Å². The molecule has 5 nitrogen and oxygen atoms in total. The van der Waals surface area contributed by atoms with Crippen molar-refractivity contribution in [3.63, 3.8) is 0 Å². The van der Waals surface area contributed by atoms with Crippen LogP contribution < -0.4 is 14.8 Å². The molecule has 0 radical (unpaired) electrons. The number of aliphatic hydroxyl groups is 1. The maximum Gasteiger partial charge on any atom is 0.120 e. The summed E-state index contributed by atoms with van der Waals surface area (Å²) in [6, 6.07) is 7.63. The van der Waals surface area contributed by atoms with Gasteiger partial charge in [0.25, 0.3) is 0 Å². The van der Waals surface area contributed by atoms with Crippen molar-refractivity contribution in [2.45, 2.75) is 38.9 Å². The zero-order valence-electron chi connectivity index (χ0n) is 14.2. The molecule has 1 fully saturated rings. The van der Waals surface area contributed by atoms with Gasteiger partial charge in [0.15, 0.2) is 0 Å². The average molecular weight is 323 g/mol. The van der Waals surface area contributed by atoms with Crippen LogP contribution in [0.2, 0.25) is 0 Å². The number of hydrogen-bond donors (Lipinski definition) is 2. The van der Waals surface area contributed by atoms with E-state index in [1.54, 1.807) is 6.92 Å². The smallest absolute Gasteiger partial charge is 0.120 e. The highest BCUT2D eigenvalue weighted by Crippen LogP contribution is 2.28. The molecule has 0 aromatic heterocycles. The maximum absolute atomic E-state index is 9.19. The second-order valence-corrected chi connectivity index (χ2v) is 6.27. The molecular weight excluding hydrogens is 294 g/mol. The number of ether oxygens (including phenoxy) is 3. The first kappa shape index (κ1) is 18.0. The van der Waals surface area contributed by atoms with Gasteiger partial charge in [0.1, 0.15) is 24.2 Å². The predicted octanol–water partition coefficient (Wildman–Crippen LogP) is 2.23. The molecule has 2 unspecified atom stereocenters. The van der Waals surface area contributed by atoms with Gasteiger partial charge in [-0.15, -0.1) is 0 Å². The Morgan fingerprint density at radius 3 is 2.43 bits per heavy atom. The molecule has 5 heteroatoms. The second kappa shape index (κ2) is 9.75. The molecule has 2 atom stereocenters. The van der Waals surface area contributed by atoms with E-state index in [4.69, 9.17) is 14.2 Å². The Morgan fingerprint density at radius 2 is 1.78 bits per heavy atom. The highest BCUT2D eigenvalue weighted by Gasteiger charge is 2.20. The second-order valence-electron chi connectivity index (χ2n) is 6.27. The Labute approximate surface area is 138 Å². The lowest BCUT2D eigenvalue weighted by molar-refractivity contribution is 0.0927. The molecule has 1 aliphatic rings. The molecular formula is C18H29NO4. The number of hydrogen-bond acceptors (Lipinski definition) is 5. The standard InChI is InChI=1S/C18H29NO4/c1-14(20)11-19-12-15(2)23-18-7-5-17(6-8-18)22-10-9-21-13-16-3-4-16/h5-8,14-16,19-20H,3-4,9-13H2,1-2H3. The SMILES string of the molecule is CC(O)CNCC(C)Oc1ccc(OCCOCC2CC2)cc1. The fourth-order valence-corrected chi connectivity index (χ4v) is 2.14. The van der Waals surface area contributed by atoms with Crippen LogP contribution in [0, 0.1) is 5.92 Å². The summed E-state index contributed by atoms with van der Waals surface area (Å²) >= 11 is 0. The van der Waals surface area contributed by atoms with Gasteiger partial charge in [-0.05, 0) is 56.9 Å². The van der Waals surface area contributed by atoms with Crippen molar-refractivity contribution >= 4 is 0 Å². The Balaban J connectivity index is 1.59. The van der Waals surface area contributed by atoms with Crippen molar-refractivity contribution in [1.29, 1.82) is 0 Å². The summed E-state index contributed by atoms with van der Waals surface area (Å²) < 4.78 is 17.0. The van der Waals surface area contributed by atoms with Gasteiger partial charge in [-0.2, -0.15) is 0 Å². The van der Waals surface area contributed by atoms with E-state index < -0.39 is 0 Å². The predicted molar refractivity (Wildman–Crippen MR) is 90.1 cm³/mol. The normalized spacial score (nSPS) is 16.8. The Kier molecular flexibility index (Phi) is 7.65. The molecule has 0 bridgehead atoms. The van der Waals surface area contributed by atoms with Crippen LogP contribution in [-0.4, -0.2) is 50.2 Å². The molecule has 23 heavy (non-hydrogen) atoms. The molecule has 0 spiro atoms. The fourth-order valence-electron chi connectivity index (χ4n) is 2.14. The van der Waals surface area contributed by atoms with Gasteiger partial charge < -0.3 is 24.6 Å². The third-order valence-electron chi connectivity index (χ3n) is 3.58. The van der Waals surface area contributed by atoms with Crippen LogP contribution in [0.5, 0.6) is 11.5 Å². The molecule has 1 aromatic rings. The van der Waals surface area contributed by atoms with Gasteiger partial charge in [-0.1, -0.05) is 0 Å². The molecule has 2 rings (SSSR count). The lowest BCUT2D eigenvalue weighted by Gasteiger charge is -2.16. The summed E-state index contributed by atoms with van der Waals surface area (Å²) in [6.45, 7) is 7.11. The Hall–Kier alpha value is -1.30. The van der Waals surface area contributed by atoms with E-state index in [-0.39, 0.29) is 12.2 Å². The summed E-state index contributed by atoms with van der Waals surface area (Å²) in [5.41, 5.74) is 0. The monoisotopic (exact) mass is 323 g/mol. The van der Waals surface area contributed by atoms with E-state index in [1.807, 2.05) is 31.2 Å². The van der Waals surface area contributed by atoms with Crippen LogP contribution in [0.1, 0.15) is 26.7 Å². The van der Waals surface area contributed by atoms with Crippen LogP contribution in [0.15, 0.2) is 24.3 Å². The third-order valence-corrected chi connectivity index (χ3v) is 3.58. The van der Waals surface area contributed by atoms with Gasteiger partial charge in [-0.3, -0.25) is 0 Å². The summed E-state index contributed by atoms with van der Waals surface area (Å²) in [4.78, 5) is 0. The molecule has 1 aliphatic carbocycles. The first-order chi connectivity index (χ1) is 11.1. The van der Waals surface area contributed by atoms with Crippen LogP contribution in [-0.2, 0) is 4.74 Å². The van der Waals surface area contributed by atoms with Gasteiger partial charge >= 0.3 is 0 Å². The minimum Gasteiger partial charge on any atom is -0.491 e. The zero-order valence-corrected chi connectivity index (χ0v) is 14.2. The fraction of sp³-hybridized carbons (Fsp3) is 0.667.